The number of sulfonamides is 1. The molecule has 3 heterocycles. The molecule has 2 aliphatic heterocycles. The Morgan fingerprint density at radius 1 is 1.25 bits per heavy atom. The molecular formula is C21H27ClN4O4S2. The molecule has 32 heavy (non-hydrogen) atoms. The van der Waals surface area contributed by atoms with Crippen LogP contribution in [-0.2, 0) is 19.6 Å². The molecule has 0 spiro atoms. The fourth-order valence-electron chi connectivity index (χ4n) is 4.22. The maximum absolute atomic E-state index is 13.0. The minimum atomic E-state index is -3.87. The van der Waals surface area contributed by atoms with Crippen molar-refractivity contribution in [2.45, 2.75) is 35.6 Å². The molecule has 2 atom stereocenters. The zero-order valence-electron chi connectivity index (χ0n) is 18.1. The number of nitrogens with one attached hydrogen (secondary N) is 1. The van der Waals surface area contributed by atoms with Gasteiger partial charge in [0.25, 0.3) is 10.0 Å². The van der Waals surface area contributed by atoms with E-state index in [9.17, 15) is 18.0 Å². The van der Waals surface area contributed by atoms with Gasteiger partial charge in [0.15, 0.2) is 0 Å². The number of thiophene rings is 1. The van der Waals surface area contributed by atoms with Crippen molar-refractivity contribution in [1.29, 1.82) is 0 Å². The molecule has 11 heteroatoms. The van der Waals surface area contributed by atoms with E-state index in [0.717, 1.165) is 27.8 Å². The van der Waals surface area contributed by atoms with Crippen molar-refractivity contribution in [3.8, 4) is 0 Å². The largest absolute Gasteiger partial charge is 0.340 e. The molecule has 174 valence electrons. The van der Waals surface area contributed by atoms with Crippen LogP contribution in [0.3, 0.4) is 0 Å². The standard InChI is InChI=1S/C21H27ClN4O4S2/c1-24(2)16-7-9-25(12-16)19(27)13-26-8-3-4-17(21(26)28)23-32(29,30)20-10-14-5-6-15(22)11-18(14)31-20/h5-6,10-11,16-17,23H,3-4,7-9,12-13H2,1-2H3/t16-,17-/m0/s1. The highest BCUT2D eigenvalue weighted by Gasteiger charge is 2.35. The molecule has 0 radical (unpaired) electrons. The lowest BCUT2D eigenvalue weighted by Gasteiger charge is -2.33. The van der Waals surface area contributed by atoms with Crippen molar-refractivity contribution >= 4 is 54.9 Å². The van der Waals surface area contributed by atoms with Gasteiger partial charge < -0.3 is 14.7 Å². The Morgan fingerprint density at radius 2 is 2.03 bits per heavy atom. The number of nitrogens with zero attached hydrogens (tertiary/aromatic N) is 3. The van der Waals surface area contributed by atoms with Gasteiger partial charge in [-0.25, -0.2) is 8.42 Å². The van der Waals surface area contributed by atoms with Crippen molar-refractivity contribution in [3.05, 3.63) is 29.3 Å². The lowest BCUT2D eigenvalue weighted by molar-refractivity contribution is -0.142. The Morgan fingerprint density at radius 3 is 2.75 bits per heavy atom. The summed E-state index contributed by atoms with van der Waals surface area (Å²) in [5.74, 6) is -0.437. The van der Waals surface area contributed by atoms with E-state index in [1.54, 1.807) is 29.2 Å². The predicted molar refractivity (Wildman–Crippen MR) is 125 cm³/mol. The summed E-state index contributed by atoms with van der Waals surface area (Å²) in [6.45, 7) is 1.77. The van der Waals surface area contributed by atoms with Crippen LogP contribution < -0.4 is 4.72 Å². The summed E-state index contributed by atoms with van der Waals surface area (Å²) >= 11 is 7.12. The lowest BCUT2D eigenvalue weighted by Crippen LogP contribution is -2.54. The van der Waals surface area contributed by atoms with Gasteiger partial charge in [-0.15, -0.1) is 11.3 Å². The van der Waals surface area contributed by atoms with Gasteiger partial charge in [0, 0.05) is 35.4 Å². The van der Waals surface area contributed by atoms with Gasteiger partial charge in [0.05, 0.1) is 6.54 Å². The smallest absolute Gasteiger partial charge is 0.250 e. The van der Waals surface area contributed by atoms with Crippen LogP contribution in [0.15, 0.2) is 28.5 Å². The van der Waals surface area contributed by atoms with Crippen LogP contribution in [-0.4, -0.2) is 87.3 Å². The molecule has 2 aliphatic rings. The van der Waals surface area contributed by atoms with Gasteiger partial charge in [-0.05, 0) is 56.9 Å². The SMILES string of the molecule is CN(C)[C@H]1CCN(C(=O)CN2CCC[C@H](NS(=O)(=O)c3cc4ccc(Cl)cc4s3)C2=O)C1. The van der Waals surface area contributed by atoms with Gasteiger partial charge in [-0.2, -0.15) is 4.72 Å². The van der Waals surface area contributed by atoms with Crippen LogP contribution in [0.4, 0.5) is 0 Å². The molecule has 8 nitrogen and oxygen atoms in total. The van der Waals surface area contributed by atoms with Gasteiger partial charge >= 0.3 is 0 Å². The van der Waals surface area contributed by atoms with Crippen LogP contribution in [0.2, 0.25) is 5.02 Å². The third kappa shape index (κ3) is 4.94. The van der Waals surface area contributed by atoms with Crippen molar-refractivity contribution in [3.63, 3.8) is 0 Å². The first-order valence-electron chi connectivity index (χ1n) is 10.6. The van der Waals surface area contributed by atoms with Crippen molar-refractivity contribution < 1.29 is 18.0 Å². The second kappa shape index (κ2) is 9.26. The molecule has 1 aromatic heterocycles. The summed E-state index contributed by atoms with van der Waals surface area (Å²) in [5, 5.41) is 1.32. The fraction of sp³-hybridized carbons (Fsp3) is 0.524. The fourth-order valence-corrected chi connectivity index (χ4v) is 7.13. The Labute approximate surface area is 197 Å². The Kier molecular flexibility index (Phi) is 6.78. The van der Waals surface area contributed by atoms with Crippen LogP contribution in [0.1, 0.15) is 19.3 Å². The average Bonchev–Trinajstić information content (AvgIpc) is 3.38. The number of amides is 2. The second-order valence-electron chi connectivity index (χ2n) is 8.57. The molecule has 0 aliphatic carbocycles. The maximum atomic E-state index is 13.0. The topological polar surface area (TPSA) is 90.0 Å². The lowest BCUT2D eigenvalue weighted by atomic mass is 10.1. The molecule has 2 fully saturated rings. The molecule has 4 rings (SSSR count). The number of hydrogen-bond acceptors (Lipinski definition) is 6. The van der Waals surface area contributed by atoms with Crippen LogP contribution in [0.25, 0.3) is 10.1 Å². The first-order valence-corrected chi connectivity index (χ1v) is 13.3. The molecule has 1 N–H and O–H groups in total. The van der Waals surface area contributed by atoms with Crippen molar-refractivity contribution in [2.75, 3.05) is 40.3 Å². The van der Waals surface area contributed by atoms with Gasteiger partial charge in [-0.1, -0.05) is 17.7 Å². The van der Waals surface area contributed by atoms with Gasteiger partial charge in [0.1, 0.15) is 10.3 Å². The normalized spacial score (nSPS) is 22.3. The summed E-state index contributed by atoms with van der Waals surface area (Å²) in [5.41, 5.74) is 0. The molecular weight excluding hydrogens is 472 g/mol. The van der Waals surface area contributed by atoms with Gasteiger partial charge in [0.2, 0.25) is 11.8 Å². The Bertz CT molecular complexity index is 1130. The quantitative estimate of drug-likeness (QED) is 0.657. The number of fused-ring (bicyclic) bond motifs is 1. The third-order valence-corrected chi connectivity index (χ3v) is 9.40. The number of hydrogen-bond donors (Lipinski definition) is 1. The minimum Gasteiger partial charge on any atom is -0.340 e. The molecule has 0 bridgehead atoms. The number of carbonyl (C=O) groups excluding carboxylic acids is 2. The summed E-state index contributed by atoms with van der Waals surface area (Å²) < 4.78 is 29.4. The van der Waals surface area contributed by atoms with Crippen LogP contribution in [0, 0.1) is 0 Å². The zero-order chi connectivity index (χ0) is 23.0. The van der Waals surface area contributed by atoms with E-state index in [2.05, 4.69) is 9.62 Å². The van der Waals surface area contributed by atoms with E-state index in [1.807, 2.05) is 14.1 Å². The molecule has 0 unspecified atom stereocenters. The summed E-state index contributed by atoms with van der Waals surface area (Å²) in [6, 6.07) is 6.24. The van der Waals surface area contributed by atoms with E-state index in [4.69, 9.17) is 11.6 Å². The summed E-state index contributed by atoms with van der Waals surface area (Å²) in [7, 11) is 0.115. The maximum Gasteiger partial charge on any atom is 0.250 e. The Hall–Kier alpha value is -1.72. The number of halogens is 1. The predicted octanol–water partition coefficient (Wildman–Crippen LogP) is 1.99. The molecule has 0 saturated carbocycles. The average molecular weight is 499 g/mol. The monoisotopic (exact) mass is 498 g/mol. The number of likely N-dealkylation sites (N-methyl/N-ethyl adjacent to an activating group) is 1. The highest BCUT2D eigenvalue weighted by molar-refractivity contribution is 7.91. The summed E-state index contributed by atoms with van der Waals surface area (Å²) in [6.07, 6.45) is 1.95. The number of rotatable bonds is 6. The Balaban J connectivity index is 1.41. The van der Waals surface area contributed by atoms with Crippen LogP contribution >= 0.6 is 22.9 Å². The van der Waals surface area contributed by atoms with E-state index in [1.165, 1.54) is 4.90 Å². The second-order valence-corrected chi connectivity index (χ2v) is 12.0. The molecule has 2 saturated heterocycles. The molecule has 2 amide bonds. The number of benzene rings is 1. The van der Waals surface area contributed by atoms with E-state index < -0.39 is 16.1 Å². The third-order valence-electron chi connectivity index (χ3n) is 6.12. The molecule has 2 aromatic rings. The van der Waals surface area contributed by atoms with Crippen LogP contribution in [0.5, 0.6) is 0 Å². The molecule has 1 aromatic carbocycles. The van der Waals surface area contributed by atoms with E-state index in [-0.39, 0.29) is 22.6 Å². The first-order chi connectivity index (χ1) is 15.1. The number of likely N-dealkylation sites (tertiary alicyclic amines) is 2. The zero-order valence-corrected chi connectivity index (χ0v) is 20.5. The highest BCUT2D eigenvalue weighted by atomic mass is 35.5. The minimum absolute atomic E-state index is 0.0153. The van der Waals surface area contributed by atoms with E-state index >= 15 is 0 Å². The number of piperidine rings is 1. The van der Waals surface area contributed by atoms with Gasteiger partial charge in [-0.3, -0.25) is 9.59 Å². The van der Waals surface area contributed by atoms with Crippen molar-refractivity contribution in [2.24, 2.45) is 0 Å². The van der Waals surface area contributed by atoms with Crippen molar-refractivity contribution in [1.82, 2.24) is 19.4 Å². The first kappa shape index (κ1) is 23.4. The highest BCUT2D eigenvalue weighted by Crippen LogP contribution is 2.31. The number of carbonyl (C=O) groups is 2. The van der Waals surface area contributed by atoms with E-state index in [0.29, 0.717) is 43.5 Å². The summed E-state index contributed by atoms with van der Waals surface area (Å²) in [4.78, 5) is 31.1.